The highest BCUT2D eigenvalue weighted by Crippen LogP contribution is 2.11. The molecule has 1 atom stereocenters. The minimum atomic E-state index is -0.147. The van der Waals surface area contributed by atoms with Gasteiger partial charge in [-0.2, -0.15) is 0 Å². The van der Waals surface area contributed by atoms with E-state index in [-0.39, 0.29) is 18.6 Å². The molecule has 0 aliphatic carbocycles. The smallest absolute Gasteiger partial charge is 0.246 e. The van der Waals surface area contributed by atoms with Crippen LogP contribution in [0.2, 0.25) is 0 Å². The Bertz CT molecular complexity index is 256. The molecular formula is C9H13NO3. The lowest BCUT2D eigenvalue weighted by Crippen LogP contribution is -2.29. The average Bonchev–Trinajstić information content (AvgIpc) is 2.55. The lowest BCUT2D eigenvalue weighted by molar-refractivity contribution is -0.125. The highest BCUT2D eigenvalue weighted by Gasteiger charge is 2.10. The van der Waals surface area contributed by atoms with Crippen LogP contribution in [0.3, 0.4) is 0 Å². The normalized spacial score (nSPS) is 12.5. The fourth-order valence-corrected chi connectivity index (χ4v) is 1.02. The van der Waals surface area contributed by atoms with Crippen LogP contribution in [0.15, 0.2) is 22.8 Å². The Morgan fingerprint density at radius 3 is 3.08 bits per heavy atom. The molecule has 0 saturated carbocycles. The van der Waals surface area contributed by atoms with Crippen LogP contribution in [0.1, 0.15) is 18.7 Å². The van der Waals surface area contributed by atoms with Crippen molar-refractivity contribution in [3.63, 3.8) is 0 Å². The number of amides is 1. The second kappa shape index (κ2) is 4.67. The fraction of sp³-hybridized carbons (Fsp3) is 0.444. The second-order valence-corrected chi connectivity index (χ2v) is 2.74. The first-order valence-corrected chi connectivity index (χ1v) is 4.05. The first kappa shape index (κ1) is 9.80. The summed E-state index contributed by atoms with van der Waals surface area (Å²) in [7, 11) is 1.48. The van der Waals surface area contributed by atoms with Crippen molar-refractivity contribution >= 4 is 5.91 Å². The Morgan fingerprint density at radius 2 is 2.54 bits per heavy atom. The molecule has 0 aromatic carbocycles. The van der Waals surface area contributed by atoms with E-state index in [1.54, 1.807) is 12.3 Å². The molecular weight excluding hydrogens is 170 g/mol. The summed E-state index contributed by atoms with van der Waals surface area (Å²) >= 11 is 0. The molecule has 1 heterocycles. The van der Waals surface area contributed by atoms with Gasteiger partial charge in [0.05, 0.1) is 12.3 Å². The van der Waals surface area contributed by atoms with Crippen LogP contribution in [0.5, 0.6) is 0 Å². The molecule has 1 unspecified atom stereocenters. The average molecular weight is 183 g/mol. The molecule has 0 bridgehead atoms. The van der Waals surface area contributed by atoms with Gasteiger partial charge in [0.1, 0.15) is 12.4 Å². The third-order valence-corrected chi connectivity index (χ3v) is 1.62. The van der Waals surface area contributed by atoms with Crippen LogP contribution in [0.4, 0.5) is 0 Å². The first-order valence-electron chi connectivity index (χ1n) is 4.05. The van der Waals surface area contributed by atoms with Crippen molar-refractivity contribution < 1.29 is 13.9 Å². The third kappa shape index (κ3) is 2.91. The zero-order valence-corrected chi connectivity index (χ0v) is 7.74. The van der Waals surface area contributed by atoms with Gasteiger partial charge in [-0.3, -0.25) is 4.79 Å². The lowest BCUT2D eigenvalue weighted by atomic mass is 10.2. The summed E-state index contributed by atoms with van der Waals surface area (Å²) in [5.41, 5.74) is 0. The van der Waals surface area contributed by atoms with E-state index in [2.05, 4.69) is 10.1 Å². The molecule has 1 rings (SSSR count). The van der Waals surface area contributed by atoms with Gasteiger partial charge in [-0.25, -0.2) is 0 Å². The van der Waals surface area contributed by atoms with Gasteiger partial charge in [0, 0.05) is 7.11 Å². The fourth-order valence-electron chi connectivity index (χ4n) is 1.02. The Balaban J connectivity index is 2.42. The highest BCUT2D eigenvalue weighted by atomic mass is 16.5. The molecule has 0 radical (unpaired) electrons. The van der Waals surface area contributed by atoms with Crippen LogP contribution >= 0.6 is 0 Å². The number of hydrogen-bond acceptors (Lipinski definition) is 3. The molecule has 0 fully saturated rings. The van der Waals surface area contributed by atoms with Crippen molar-refractivity contribution in [2.45, 2.75) is 13.0 Å². The van der Waals surface area contributed by atoms with Gasteiger partial charge in [-0.1, -0.05) is 0 Å². The summed E-state index contributed by atoms with van der Waals surface area (Å²) in [6.45, 7) is 1.93. The standard InChI is InChI=1S/C9H13NO3/c1-7(8-4-3-5-13-8)10-9(11)6-12-2/h3-5,7H,6H2,1-2H3,(H,10,11). The Morgan fingerprint density at radius 1 is 1.77 bits per heavy atom. The maximum Gasteiger partial charge on any atom is 0.246 e. The molecule has 0 saturated heterocycles. The maximum atomic E-state index is 11.1. The van der Waals surface area contributed by atoms with Crippen LogP contribution in [0, 0.1) is 0 Å². The van der Waals surface area contributed by atoms with Crippen LogP contribution in [0.25, 0.3) is 0 Å². The Labute approximate surface area is 76.9 Å². The molecule has 1 N–H and O–H groups in total. The summed E-state index contributed by atoms with van der Waals surface area (Å²) in [4.78, 5) is 11.1. The van der Waals surface area contributed by atoms with E-state index in [1.165, 1.54) is 7.11 Å². The molecule has 0 aliphatic rings. The predicted octanol–water partition coefficient (Wildman–Crippen LogP) is 1.10. The van der Waals surface area contributed by atoms with E-state index in [0.717, 1.165) is 5.76 Å². The topological polar surface area (TPSA) is 51.5 Å². The van der Waals surface area contributed by atoms with Crippen molar-refractivity contribution in [1.29, 1.82) is 0 Å². The summed E-state index contributed by atoms with van der Waals surface area (Å²) in [5, 5.41) is 2.73. The highest BCUT2D eigenvalue weighted by molar-refractivity contribution is 5.77. The van der Waals surface area contributed by atoms with Crippen LogP contribution in [-0.4, -0.2) is 19.6 Å². The minimum absolute atomic E-state index is 0.0745. The van der Waals surface area contributed by atoms with Crippen molar-refractivity contribution in [2.24, 2.45) is 0 Å². The van der Waals surface area contributed by atoms with E-state index < -0.39 is 0 Å². The number of hydrogen-bond donors (Lipinski definition) is 1. The molecule has 1 aromatic heterocycles. The second-order valence-electron chi connectivity index (χ2n) is 2.74. The number of carbonyl (C=O) groups is 1. The molecule has 13 heavy (non-hydrogen) atoms. The van der Waals surface area contributed by atoms with E-state index >= 15 is 0 Å². The molecule has 1 amide bonds. The molecule has 0 spiro atoms. The first-order chi connectivity index (χ1) is 6.24. The number of ether oxygens (including phenoxy) is 1. The van der Waals surface area contributed by atoms with Gasteiger partial charge in [0.2, 0.25) is 5.91 Å². The van der Waals surface area contributed by atoms with Crippen molar-refractivity contribution in [3.05, 3.63) is 24.2 Å². The van der Waals surface area contributed by atoms with Gasteiger partial charge >= 0.3 is 0 Å². The third-order valence-electron chi connectivity index (χ3n) is 1.62. The molecule has 72 valence electrons. The Hall–Kier alpha value is -1.29. The summed E-state index contributed by atoms with van der Waals surface area (Å²) in [6, 6.07) is 3.49. The Kier molecular flexibility index (Phi) is 3.52. The largest absolute Gasteiger partial charge is 0.467 e. The number of nitrogens with one attached hydrogen (secondary N) is 1. The zero-order chi connectivity index (χ0) is 9.68. The minimum Gasteiger partial charge on any atom is -0.467 e. The summed E-state index contributed by atoms with van der Waals surface area (Å²) < 4.78 is 9.80. The predicted molar refractivity (Wildman–Crippen MR) is 47.1 cm³/mol. The van der Waals surface area contributed by atoms with Crippen molar-refractivity contribution in [1.82, 2.24) is 5.32 Å². The number of methoxy groups -OCH3 is 1. The molecule has 4 nitrogen and oxygen atoms in total. The number of carbonyl (C=O) groups excluding carboxylic acids is 1. The SMILES string of the molecule is COCC(=O)NC(C)c1ccco1. The number of furan rings is 1. The van der Waals surface area contributed by atoms with Gasteiger partial charge in [-0.15, -0.1) is 0 Å². The monoisotopic (exact) mass is 183 g/mol. The van der Waals surface area contributed by atoms with Crippen LogP contribution in [-0.2, 0) is 9.53 Å². The number of rotatable bonds is 4. The lowest BCUT2D eigenvalue weighted by Gasteiger charge is -2.10. The molecule has 0 aliphatic heterocycles. The summed E-state index contributed by atoms with van der Waals surface area (Å²) in [5.74, 6) is 0.593. The van der Waals surface area contributed by atoms with E-state index in [9.17, 15) is 4.79 Å². The molecule has 1 aromatic rings. The van der Waals surface area contributed by atoms with Gasteiger partial charge < -0.3 is 14.5 Å². The van der Waals surface area contributed by atoms with Gasteiger partial charge in [-0.05, 0) is 19.1 Å². The van der Waals surface area contributed by atoms with E-state index in [4.69, 9.17) is 4.42 Å². The van der Waals surface area contributed by atoms with Crippen molar-refractivity contribution in [3.8, 4) is 0 Å². The van der Waals surface area contributed by atoms with Crippen LogP contribution < -0.4 is 5.32 Å². The van der Waals surface area contributed by atoms with Crippen molar-refractivity contribution in [2.75, 3.05) is 13.7 Å². The maximum absolute atomic E-state index is 11.1. The van der Waals surface area contributed by atoms with Gasteiger partial charge in [0.15, 0.2) is 0 Å². The van der Waals surface area contributed by atoms with Gasteiger partial charge in [0.25, 0.3) is 0 Å². The molecule has 4 heteroatoms. The zero-order valence-electron chi connectivity index (χ0n) is 7.74. The van der Waals surface area contributed by atoms with E-state index in [0.29, 0.717) is 0 Å². The summed E-state index contributed by atoms with van der Waals surface area (Å²) in [6.07, 6.45) is 1.58. The van der Waals surface area contributed by atoms with E-state index in [1.807, 2.05) is 13.0 Å². The quantitative estimate of drug-likeness (QED) is 0.760.